The molecule has 0 aliphatic rings. The van der Waals surface area contributed by atoms with E-state index < -0.39 is 18.4 Å². The number of carbonyl (C=O) groups is 2. The first-order valence-corrected chi connectivity index (χ1v) is 8.92. The lowest BCUT2D eigenvalue weighted by molar-refractivity contribution is 0.0468. The van der Waals surface area contributed by atoms with Gasteiger partial charge in [-0.3, -0.25) is 9.59 Å². The number of aryl methyl sites for hydroxylation is 1. The van der Waals surface area contributed by atoms with Gasteiger partial charge in [-0.1, -0.05) is 18.2 Å². The topological polar surface area (TPSA) is 96.7 Å². The fraction of sp³-hybridized carbons (Fsp3) is 0.238. The second-order valence-electron chi connectivity index (χ2n) is 6.08. The number of nitrogens with zero attached hydrogens (tertiary/aromatic N) is 2. The molecule has 3 rings (SSSR count). The molecule has 2 aromatic carbocycles. The quantitative estimate of drug-likeness (QED) is 0.447. The van der Waals surface area contributed by atoms with Crippen LogP contribution < -0.4 is 15.0 Å². The van der Waals surface area contributed by atoms with Gasteiger partial charge < -0.3 is 14.2 Å². The van der Waals surface area contributed by atoms with Crippen LogP contribution in [0.5, 0.6) is 11.5 Å². The maximum Gasteiger partial charge on any atom is 0.359 e. The van der Waals surface area contributed by atoms with Gasteiger partial charge in [-0.05, 0) is 31.2 Å². The van der Waals surface area contributed by atoms with Gasteiger partial charge in [0.05, 0.1) is 19.6 Å². The fourth-order valence-corrected chi connectivity index (χ4v) is 2.89. The largest absolute Gasteiger partial charge is 0.493 e. The van der Waals surface area contributed by atoms with Crippen molar-refractivity contribution in [2.75, 3.05) is 20.8 Å². The molecule has 0 amide bonds. The Hall–Kier alpha value is -3.68. The lowest BCUT2D eigenvalue weighted by atomic mass is 10.1. The van der Waals surface area contributed by atoms with Crippen molar-refractivity contribution >= 4 is 22.5 Å². The zero-order chi connectivity index (χ0) is 21.0. The predicted octanol–water partition coefficient (Wildman–Crippen LogP) is 2.47. The molecule has 0 aliphatic carbocycles. The Morgan fingerprint density at radius 1 is 1.00 bits per heavy atom. The number of methoxy groups -OCH3 is 2. The average molecular weight is 396 g/mol. The highest BCUT2D eigenvalue weighted by atomic mass is 16.5. The van der Waals surface area contributed by atoms with Crippen molar-refractivity contribution in [3.63, 3.8) is 0 Å². The van der Waals surface area contributed by atoms with Crippen molar-refractivity contribution in [1.29, 1.82) is 0 Å². The van der Waals surface area contributed by atoms with E-state index in [2.05, 4.69) is 5.10 Å². The Kier molecular flexibility index (Phi) is 5.92. The van der Waals surface area contributed by atoms with Gasteiger partial charge in [-0.2, -0.15) is 5.10 Å². The Morgan fingerprint density at radius 3 is 2.34 bits per heavy atom. The lowest BCUT2D eigenvalue weighted by Crippen LogP contribution is -2.26. The van der Waals surface area contributed by atoms with Gasteiger partial charge in [-0.15, -0.1) is 0 Å². The monoisotopic (exact) mass is 396 g/mol. The summed E-state index contributed by atoms with van der Waals surface area (Å²) in [5.41, 5.74) is 0.00927. The van der Waals surface area contributed by atoms with Crippen LogP contribution in [-0.2, 0) is 11.3 Å². The molecule has 0 atom stereocenters. The summed E-state index contributed by atoms with van der Waals surface area (Å²) in [7, 11) is 2.96. The van der Waals surface area contributed by atoms with Gasteiger partial charge in [0.15, 0.2) is 29.6 Å². The fourth-order valence-electron chi connectivity index (χ4n) is 2.89. The van der Waals surface area contributed by atoms with Crippen molar-refractivity contribution in [3.8, 4) is 11.5 Å². The molecule has 1 aromatic heterocycles. The molecule has 0 N–H and O–H groups in total. The maximum atomic E-state index is 12.6. The molecule has 29 heavy (non-hydrogen) atoms. The minimum atomic E-state index is -0.780. The van der Waals surface area contributed by atoms with Gasteiger partial charge in [0.1, 0.15) is 0 Å². The minimum absolute atomic E-state index is 0.0119. The number of ketones is 1. The summed E-state index contributed by atoms with van der Waals surface area (Å²) in [5.74, 6) is -0.310. The van der Waals surface area contributed by atoms with Gasteiger partial charge in [0.25, 0.3) is 5.56 Å². The average Bonchev–Trinajstić information content (AvgIpc) is 2.77. The number of hydrogen-bond acceptors (Lipinski definition) is 7. The molecule has 0 radical (unpaired) electrons. The standard InChI is InChI=1S/C21H20N2O6/c1-4-23-20(25)15-8-6-5-7-14(15)19(22-23)21(26)29-12-16(24)13-9-10-17(27-2)18(11-13)28-3/h5-11H,4,12H2,1-3H3. The number of rotatable bonds is 7. The number of Topliss-reactive ketones (excluding diaryl/α,β-unsaturated/α-hetero) is 1. The highest BCUT2D eigenvalue weighted by Gasteiger charge is 2.19. The molecule has 8 nitrogen and oxygen atoms in total. The summed E-state index contributed by atoms with van der Waals surface area (Å²) in [5, 5.41) is 4.85. The second kappa shape index (κ2) is 8.55. The number of fused-ring (bicyclic) bond motifs is 1. The first kappa shape index (κ1) is 20.1. The SMILES string of the molecule is CCn1nc(C(=O)OCC(=O)c2ccc(OC)c(OC)c2)c2ccccc2c1=O. The van der Waals surface area contributed by atoms with E-state index in [9.17, 15) is 14.4 Å². The molecule has 150 valence electrons. The van der Waals surface area contributed by atoms with Crippen molar-refractivity contribution in [2.45, 2.75) is 13.5 Å². The second-order valence-corrected chi connectivity index (χ2v) is 6.08. The van der Waals surface area contributed by atoms with E-state index in [1.807, 2.05) is 0 Å². The van der Waals surface area contributed by atoms with Crippen molar-refractivity contribution in [3.05, 3.63) is 64.1 Å². The number of carbonyl (C=O) groups excluding carboxylic acids is 2. The van der Waals surface area contributed by atoms with Crippen LogP contribution in [0.25, 0.3) is 10.8 Å². The van der Waals surface area contributed by atoms with E-state index in [1.165, 1.54) is 25.0 Å². The highest BCUT2D eigenvalue weighted by Crippen LogP contribution is 2.27. The van der Waals surface area contributed by atoms with E-state index in [-0.39, 0.29) is 11.3 Å². The van der Waals surface area contributed by atoms with E-state index >= 15 is 0 Å². The van der Waals surface area contributed by atoms with Gasteiger partial charge in [0, 0.05) is 17.5 Å². The van der Waals surface area contributed by atoms with Crippen molar-refractivity contribution in [1.82, 2.24) is 9.78 Å². The Balaban J connectivity index is 1.84. The van der Waals surface area contributed by atoms with Crippen LogP contribution in [0.2, 0.25) is 0 Å². The summed E-state index contributed by atoms with van der Waals surface area (Å²) >= 11 is 0. The normalized spacial score (nSPS) is 10.6. The molecule has 8 heteroatoms. The molecular weight excluding hydrogens is 376 g/mol. The number of hydrogen-bond donors (Lipinski definition) is 0. The van der Waals surface area contributed by atoms with Gasteiger partial charge in [0.2, 0.25) is 0 Å². The molecule has 3 aromatic rings. The number of esters is 1. The van der Waals surface area contributed by atoms with Crippen molar-refractivity contribution < 1.29 is 23.8 Å². The third-order valence-electron chi connectivity index (χ3n) is 4.40. The smallest absolute Gasteiger partial charge is 0.359 e. The summed E-state index contributed by atoms with van der Waals surface area (Å²) < 4.78 is 16.7. The zero-order valence-electron chi connectivity index (χ0n) is 16.3. The first-order chi connectivity index (χ1) is 14.0. The Morgan fingerprint density at radius 2 is 1.69 bits per heavy atom. The predicted molar refractivity (Wildman–Crippen MR) is 106 cm³/mol. The van der Waals surface area contributed by atoms with Crippen LogP contribution >= 0.6 is 0 Å². The van der Waals surface area contributed by atoms with Gasteiger partial charge in [-0.25, -0.2) is 9.48 Å². The van der Waals surface area contributed by atoms with Crippen molar-refractivity contribution in [2.24, 2.45) is 0 Å². The first-order valence-electron chi connectivity index (χ1n) is 8.92. The summed E-state index contributed by atoms with van der Waals surface area (Å²) in [6.45, 7) is 1.57. The summed E-state index contributed by atoms with van der Waals surface area (Å²) in [6, 6.07) is 11.3. The molecule has 0 saturated heterocycles. The molecule has 0 saturated carbocycles. The van der Waals surface area contributed by atoms with Crippen LogP contribution in [0.15, 0.2) is 47.3 Å². The number of benzene rings is 2. The van der Waals surface area contributed by atoms with Crippen LogP contribution in [0, 0.1) is 0 Å². The molecule has 0 spiro atoms. The van der Waals surface area contributed by atoms with E-state index in [0.29, 0.717) is 34.4 Å². The number of ether oxygens (including phenoxy) is 3. The number of aromatic nitrogens is 2. The van der Waals surface area contributed by atoms with Gasteiger partial charge >= 0.3 is 5.97 Å². The maximum absolute atomic E-state index is 12.6. The van der Waals surface area contributed by atoms with E-state index in [1.54, 1.807) is 43.3 Å². The van der Waals surface area contributed by atoms with Crippen LogP contribution in [0.4, 0.5) is 0 Å². The van der Waals surface area contributed by atoms with E-state index in [4.69, 9.17) is 14.2 Å². The third kappa shape index (κ3) is 3.96. The Bertz CT molecular complexity index is 1140. The van der Waals surface area contributed by atoms with Crippen LogP contribution in [0.3, 0.4) is 0 Å². The molecular formula is C21H20N2O6. The molecule has 0 fully saturated rings. The molecule has 0 unspecified atom stereocenters. The van der Waals surface area contributed by atoms with Crippen LogP contribution in [0.1, 0.15) is 27.8 Å². The van der Waals surface area contributed by atoms with Crippen LogP contribution in [-0.4, -0.2) is 42.4 Å². The lowest BCUT2D eigenvalue weighted by Gasteiger charge is -2.10. The summed E-state index contributed by atoms with van der Waals surface area (Å²) in [4.78, 5) is 37.4. The zero-order valence-corrected chi connectivity index (χ0v) is 16.3. The molecule has 0 aliphatic heterocycles. The molecule has 1 heterocycles. The third-order valence-corrected chi connectivity index (χ3v) is 4.40. The Labute approximate surface area is 166 Å². The summed E-state index contributed by atoms with van der Waals surface area (Å²) in [6.07, 6.45) is 0. The van der Waals surface area contributed by atoms with E-state index in [0.717, 1.165) is 0 Å². The highest BCUT2D eigenvalue weighted by molar-refractivity contribution is 6.04. The molecule has 0 bridgehead atoms. The minimum Gasteiger partial charge on any atom is -0.493 e.